The molecule has 0 atom stereocenters. The Morgan fingerprint density at radius 1 is 1.26 bits per heavy atom. The molecule has 0 aliphatic carbocycles. The highest BCUT2D eigenvalue weighted by Gasteiger charge is 2.09. The van der Waals surface area contributed by atoms with Crippen LogP contribution >= 0.6 is 27.5 Å². The predicted molar refractivity (Wildman–Crippen MR) is 109 cm³/mol. The predicted octanol–water partition coefficient (Wildman–Crippen LogP) is 4.65. The van der Waals surface area contributed by atoms with E-state index in [1.54, 1.807) is 22.9 Å². The van der Waals surface area contributed by atoms with Gasteiger partial charge in [0.1, 0.15) is 12.4 Å². The first kappa shape index (κ1) is 19.5. The quantitative estimate of drug-likeness (QED) is 0.597. The number of ether oxygens (including phenoxy) is 1. The molecule has 1 heterocycles. The summed E-state index contributed by atoms with van der Waals surface area (Å²) in [4.78, 5) is 12.3. The Morgan fingerprint density at radius 2 is 2.00 bits per heavy atom. The van der Waals surface area contributed by atoms with Crippen molar-refractivity contribution < 1.29 is 9.53 Å². The summed E-state index contributed by atoms with van der Waals surface area (Å²) >= 11 is 9.51. The molecule has 0 fully saturated rings. The third kappa shape index (κ3) is 5.11. The number of rotatable bonds is 6. The first-order valence-corrected chi connectivity index (χ1v) is 9.53. The van der Waals surface area contributed by atoms with Crippen LogP contribution in [-0.4, -0.2) is 15.7 Å². The van der Waals surface area contributed by atoms with Crippen LogP contribution in [0, 0.1) is 6.92 Å². The second kappa shape index (κ2) is 8.59. The molecule has 2 aromatic carbocycles. The summed E-state index contributed by atoms with van der Waals surface area (Å²) in [6.07, 6.45) is 1.91. The number of hydrogen-bond donors (Lipinski definition) is 1. The average Bonchev–Trinajstić information content (AvgIpc) is 2.96. The number of aromatic nitrogens is 2. The van der Waals surface area contributed by atoms with E-state index in [4.69, 9.17) is 16.3 Å². The topological polar surface area (TPSA) is 56.2 Å². The highest BCUT2D eigenvalue weighted by atomic mass is 79.9. The number of halogens is 2. The fourth-order valence-electron chi connectivity index (χ4n) is 2.61. The normalized spacial score (nSPS) is 10.7. The van der Waals surface area contributed by atoms with Crippen LogP contribution in [0.4, 0.5) is 0 Å². The van der Waals surface area contributed by atoms with Gasteiger partial charge < -0.3 is 10.1 Å². The first-order chi connectivity index (χ1) is 12.9. The molecular weight excluding hydrogens is 430 g/mol. The highest BCUT2D eigenvalue weighted by Crippen LogP contribution is 2.28. The number of amides is 1. The van der Waals surface area contributed by atoms with Gasteiger partial charge in [-0.2, -0.15) is 5.10 Å². The second-order valence-electron chi connectivity index (χ2n) is 6.16. The van der Waals surface area contributed by atoms with Gasteiger partial charge in [0.25, 0.3) is 5.91 Å². The Morgan fingerprint density at radius 3 is 2.63 bits per heavy atom. The van der Waals surface area contributed by atoms with Crippen molar-refractivity contribution in [3.05, 3.63) is 80.5 Å². The lowest BCUT2D eigenvalue weighted by Crippen LogP contribution is -2.22. The lowest BCUT2D eigenvalue weighted by Gasteiger charge is -2.09. The van der Waals surface area contributed by atoms with Crippen molar-refractivity contribution in [1.29, 1.82) is 0 Å². The van der Waals surface area contributed by atoms with E-state index in [2.05, 4.69) is 26.3 Å². The van der Waals surface area contributed by atoms with E-state index >= 15 is 0 Å². The molecule has 5 nitrogen and oxygen atoms in total. The van der Waals surface area contributed by atoms with Crippen LogP contribution in [0.2, 0.25) is 5.02 Å². The maximum atomic E-state index is 12.3. The first-order valence-electron chi connectivity index (χ1n) is 8.36. The van der Waals surface area contributed by atoms with Gasteiger partial charge in [-0.25, -0.2) is 0 Å². The molecule has 1 aromatic heterocycles. The molecule has 0 radical (unpaired) electrons. The van der Waals surface area contributed by atoms with E-state index in [1.807, 2.05) is 44.4 Å². The van der Waals surface area contributed by atoms with Gasteiger partial charge in [-0.15, -0.1) is 0 Å². The highest BCUT2D eigenvalue weighted by molar-refractivity contribution is 9.10. The zero-order chi connectivity index (χ0) is 19.4. The van der Waals surface area contributed by atoms with Crippen LogP contribution in [0.1, 0.15) is 27.2 Å². The van der Waals surface area contributed by atoms with Crippen molar-refractivity contribution >= 4 is 33.4 Å². The van der Waals surface area contributed by atoms with E-state index in [9.17, 15) is 4.79 Å². The lowest BCUT2D eigenvalue weighted by molar-refractivity contribution is 0.0951. The summed E-state index contributed by atoms with van der Waals surface area (Å²) in [6.45, 7) is 2.75. The van der Waals surface area contributed by atoms with E-state index in [0.29, 0.717) is 29.5 Å². The molecule has 1 amide bonds. The van der Waals surface area contributed by atoms with Crippen LogP contribution < -0.4 is 10.1 Å². The van der Waals surface area contributed by atoms with Gasteiger partial charge in [0.05, 0.1) is 10.7 Å². The van der Waals surface area contributed by atoms with Crippen molar-refractivity contribution in [3.8, 4) is 5.75 Å². The van der Waals surface area contributed by atoms with Crippen molar-refractivity contribution in [2.24, 2.45) is 7.05 Å². The van der Waals surface area contributed by atoms with Crippen molar-refractivity contribution in [2.75, 3.05) is 0 Å². The average molecular weight is 449 g/mol. The van der Waals surface area contributed by atoms with E-state index < -0.39 is 0 Å². The molecule has 140 valence electrons. The van der Waals surface area contributed by atoms with Crippen molar-refractivity contribution in [1.82, 2.24) is 15.1 Å². The maximum Gasteiger partial charge on any atom is 0.251 e. The molecule has 0 spiro atoms. The monoisotopic (exact) mass is 447 g/mol. The van der Waals surface area contributed by atoms with Crippen LogP contribution in [0.15, 0.2) is 53.1 Å². The number of carbonyl (C=O) groups excluding carboxylic acids is 1. The molecule has 3 aromatic rings. The van der Waals surface area contributed by atoms with Gasteiger partial charge in [0, 0.05) is 35.4 Å². The third-order valence-electron chi connectivity index (χ3n) is 4.06. The van der Waals surface area contributed by atoms with Crippen LogP contribution in [0.3, 0.4) is 0 Å². The van der Waals surface area contributed by atoms with Gasteiger partial charge in [-0.05, 0) is 42.8 Å². The minimum absolute atomic E-state index is 0.123. The fraction of sp³-hybridized carbons (Fsp3) is 0.200. The maximum absolute atomic E-state index is 12.3. The molecule has 0 bridgehead atoms. The minimum Gasteiger partial charge on any atom is -0.487 e. The van der Waals surface area contributed by atoms with E-state index in [-0.39, 0.29) is 5.91 Å². The smallest absolute Gasteiger partial charge is 0.251 e. The molecular formula is C20H19BrClN3O2. The van der Waals surface area contributed by atoms with Gasteiger partial charge in [-0.1, -0.05) is 39.7 Å². The molecule has 0 saturated heterocycles. The standard InChI is InChI=1S/C20H19BrClN3O2/c1-13-16(11-25(2)24-13)10-23-20(26)15-5-3-14(4-6-15)12-27-19-8-7-17(21)9-18(19)22/h3-9,11H,10,12H2,1-2H3,(H,23,26). The van der Waals surface area contributed by atoms with E-state index in [0.717, 1.165) is 21.3 Å². The summed E-state index contributed by atoms with van der Waals surface area (Å²) in [5.74, 6) is 0.496. The number of nitrogens with one attached hydrogen (secondary N) is 1. The SMILES string of the molecule is Cc1nn(C)cc1CNC(=O)c1ccc(COc2ccc(Br)cc2Cl)cc1. The summed E-state index contributed by atoms with van der Waals surface area (Å²) in [5, 5.41) is 7.73. The van der Waals surface area contributed by atoms with Crippen molar-refractivity contribution in [3.63, 3.8) is 0 Å². The number of hydrogen-bond acceptors (Lipinski definition) is 3. The van der Waals surface area contributed by atoms with Gasteiger partial charge >= 0.3 is 0 Å². The Kier molecular flexibility index (Phi) is 6.19. The lowest BCUT2D eigenvalue weighted by atomic mass is 10.1. The molecule has 0 unspecified atom stereocenters. The van der Waals surface area contributed by atoms with Gasteiger partial charge in [0.15, 0.2) is 0 Å². The van der Waals surface area contributed by atoms with Crippen LogP contribution in [0.25, 0.3) is 0 Å². The van der Waals surface area contributed by atoms with Gasteiger partial charge in [0.2, 0.25) is 0 Å². The molecule has 3 rings (SSSR count). The molecule has 0 aliphatic rings. The van der Waals surface area contributed by atoms with Gasteiger partial charge in [-0.3, -0.25) is 9.48 Å². The van der Waals surface area contributed by atoms with Crippen LogP contribution in [-0.2, 0) is 20.2 Å². The zero-order valence-electron chi connectivity index (χ0n) is 15.0. The number of aryl methyl sites for hydroxylation is 2. The minimum atomic E-state index is -0.123. The van der Waals surface area contributed by atoms with E-state index in [1.165, 1.54) is 0 Å². The van der Waals surface area contributed by atoms with Crippen LogP contribution in [0.5, 0.6) is 5.75 Å². The number of benzene rings is 2. The molecule has 0 aliphatic heterocycles. The third-order valence-corrected chi connectivity index (χ3v) is 4.85. The summed E-state index contributed by atoms with van der Waals surface area (Å²) < 4.78 is 8.38. The molecule has 27 heavy (non-hydrogen) atoms. The molecule has 1 N–H and O–H groups in total. The summed E-state index contributed by atoms with van der Waals surface area (Å²) in [5.41, 5.74) is 3.47. The Labute approximate surface area is 171 Å². The summed E-state index contributed by atoms with van der Waals surface area (Å²) in [6, 6.07) is 12.8. The molecule has 7 heteroatoms. The Hall–Kier alpha value is -2.31. The number of nitrogens with zero attached hydrogens (tertiary/aromatic N) is 2. The van der Waals surface area contributed by atoms with Crippen molar-refractivity contribution in [2.45, 2.75) is 20.1 Å². The number of carbonyl (C=O) groups is 1. The second-order valence-corrected chi connectivity index (χ2v) is 7.48. The molecule has 0 saturated carbocycles. The Balaban J connectivity index is 1.56. The fourth-order valence-corrected chi connectivity index (χ4v) is 3.33. The summed E-state index contributed by atoms with van der Waals surface area (Å²) in [7, 11) is 1.86. The Bertz CT molecular complexity index is 954. The largest absolute Gasteiger partial charge is 0.487 e. The zero-order valence-corrected chi connectivity index (χ0v) is 17.3.